The summed E-state index contributed by atoms with van der Waals surface area (Å²) in [6.45, 7) is 27.0. The predicted octanol–water partition coefficient (Wildman–Crippen LogP) is 2.45. The van der Waals surface area contributed by atoms with Gasteiger partial charge in [0.25, 0.3) is 0 Å². The first-order valence-corrected chi connectivity index (χ1v) is 10.6. The summed E-state index contributed by atoms with van der Waals surface area (Å²) in [6, 6.07) is 0. The molecular weight excluding hydrogens is 308 g/mol. The van der Waals surface area contributed by atoms with Crippen LogP contribution in [0.3, 0.4) is 0 Å². The third-order valence-electron chi connectivity index (χ3n) is 6.64. The molecule has 0 aromatic rings. The van der Waals surface area contributed by atoms with Gasteiger partial charge in [-0.3, -0.25) is 9.80 Å². The summed E-state index contributed by atoms with van der Waals surface area (Å²) in [5.74, 6) is 1.79. The minimum atomic E-state index is 0.344. The van der Waals surface area contributed by atoms with Crippen molar-refractivity contribution in [3.8, 4) is 0 Å². The molecule has 3 fully saturated rings. The molecule has 0 N–H and O–H groups in total. The average molecular weight is 351 g/mol. The first-order valence-electron chi connectivity index (χ1n) is 10.6. The zero-order chi connectivity index (χ0) is 18.2. The van der Waals surface area contributed by atoms with Crippen LogP contribution < -0.4 is 0 Å². The molecule has 3 aliphatic heterocycles. The third kappa shape index (κ3) is 5.18. The van der Waals surface area contributed by atoms with Crippen LogP contribution in [0.15, 0.2) is 0 Å². The van der Waals surface area contributed by atoms with E-state index in [9.17, 15) is 0 Å². The van der Waals surface area contributed by atoms with E-state index < -0.39 is 0 Å². The Bertz CT molecular complexity index is 422. The summed E-state index contributed by atoms with van der Waals surface area (Å²) in [7, 11) is 0. The molecule has 3 rings (SSSR count). The van der Waals surface area contributed by atoms with Gasteiger partial charge in [0.2, 0.25) is 0 Å². The lowest BCUT2D eigenvalue weighted by Crippen LogP contribution is -2.59. The van der Waals surface area contributed by atoms with Gasteiger partial charge in [0.1, 0.15) is 0 Å². The van der Waals surface area contributed by atoms with Gasteiger partial charge in [-0.1, -0.05) is 0 Å². The van der Waals surface area contributed by atoms with Crippen molar-refractivity contribution in [1.29, 1.82) is 0 Å². The molecule has 25 heavy (non-hydrogen) atoms. The van der Waals surface area contributed by atoms with Crippen LogP contribution in [0.1, 0.15) is 48.0 Å². The molecule has 3 heterocycles. The molecule has 0 aromatic heterocycles. The van der Waals surface area contributed by atoms with E-state index in [1.54, 1.807) is 0 Å². The van der Waals surface area contributed by atoms with Crippen LogP contribution in [0.5, 0.6) is 0 Å². The monoisotopic (exact) mass is 350 g/mol. The second-order valence-corrected chi connectivity index (χ2v) is 10.8. The Hall–Kier alpha value is -0.160. The molecule has 0 aromatic carbocycles. The smallest absolute Gasteiger partial charge is 0.0125 e. The second kappa shape index (κ2) is 7.46. The van der Waals surface area contributed by atoms with Crippen molar-refractivity contribution in [3.05, 3.63) is 0 Å². The lowest BCUT2D eigenvalue weighted by molar-refractivity contribution is -0.00941. The van der Waals surface area contributed by atoms with Crippen molar-refractivity contribution in [2.75, 3.05) is 65.4 Å². The summed E-state index contributed by atoms with van der Waals surface area (Å²) in [5.41, 5.74) is 0.703. The molecular formula is C21H42N4. The number of nitrogens with zero attached hydrogens (tertiary/aromatic N) is 4. The maximum atomic E-state index is 2.73. The van der Waals surface area contributed by atoms with Gasteiger partial charge in [0, 0.05) is 70.0 Å². The minimum Gasteiger partial charge on any atom is -0.300 e. The highest BCUT2D eigenvalue weighted by atomic mass is 15.3. The molecule has 0 radical (unpaired) electrons. The Morgan fingerprint density at radius 3 is 1.48 bits per heavy atom. The summed E-state index contributed by atoms with van der Waals surface area (Å²) in [4.78, 5) is 10.7. The molecule has 1 unspecified atom stereocenters. The topological polar surface area (TPSA) is 13.0 Å². The van der Waals surface area contributed by atoms with E-state index in [-0.39, 0.29) is 0 Å². The summed E-state index contributed by atoms with van der Waals surface area (Å²) >= 11 is 0. The number of hydrogen-bond donors (Lipinski definition) is 0. The molecule has 4 nitrogen and oxygen atoms in total. The van der Waals surface area contributed by atoms with Crippen molar-refractivity contribution in [2.24, 2.45) is 11.8 Å². The Morgan fingerprint density at radius 2 is 1.04 bits per heavy atom. The molecule has 0 saturated carbocycles. The molecule has 1 atom stereocenters. The highest BCUT2D eigenvalue weighted by molar-refractivity contribution is 4.91. The summed E-state index contributed by atoms with van der Waals surface area (Å²) in [5, 5.41) is 0. The van der Waals surface area contributed by atoms with Gasteiger partial charge in [-0.15, -0.1) is 0 Å². The van der Waals surface area contributed by atoms with Crippen molar-refractivity contribution >= 4 is 0 Å². The van der Waals surface area contributed by atoms with Gasteiger partial charge >= 0.3 is 0 Å². The standard InChI is InChI=1S/C21H42N4/c1-20(2,3)24-8-7-18(15-24)13-22-9-11-23(12-10-22)14-19-16-25(17-19)21(4,5)6/h18-19H,7-17H2,1-6H3. The van der Waals surface area contributed by atoms with E-state index in [1.165, 1.54) is 71.9 Å². The van der Waals surface area contributed by atoms with Crippen molar-refractivity contribution in [2.45, 2.75) is 59.0 Å². The molecule has 4 heteroatoms. The predicted molar refractivity (Wildman–Crippen MR) is 107 cm³/mol. The van der Waals surface area contributed by atoms with E-state index in [0.29, 0.717) is 11.1 Å². The fourth-order valence-electron chi connectivity index (χ4n) is 4.71. The average Bonchev–Trinajstić information content (AvgIpc) is 2.91. The first kappa shape index (κ1) is 19.6. The van der Waals surface area contributed by atoms with Crippen LogP contribution in [0.25, 0.3) is 0 Å². The number of hydrogen-bond acceptors (Lipinski definition) is 4. The van der Waals surface area contributed by atoms with Crippen LogP contribution in [0.2, 0.25) is 0 Å². The van der Waals surface area contributed by atoms with Crippen LogP contribution >= 0.6 is 0 Å². The molecule has 146 valence electrons. The van der Waals surface area contributed by atoms with Gasteiger partial charge in [-0.25, -0.2) is 0 Å². The molecule has 3 saturated heterocycles. The van der Waals surface area contributed by atoms with Crippen LogP contribution in [0, 0.1) is 11.8 Å². The van der Waals surface area contributed by atoms with Gasteiger partial charge in [0.05, 0.1) is 0 Å². The maximum Gasteiger partial charge on any atom is 0.0125 e. The molecule has 3 aliphatic rings. The molecule has 0 amide bonds. The zero-order valence-electron chi connectivity index (χ0n) is 17.7. The fraction of sp³-hybridized carbons (Fsp3) is 1.00. The molecule has 0 spiro atoms. The normalized spacial score (nSPS) is 29.3. The van der Waals surface area contributed by atoms with Gasteiger partial charge < -0.3 is 9.80 Å². The van der Waals surface area contributed by atoms with E-state index in [2.05, 4.69) is 61.1 Å². The summed E-state index contributed by atoms with van der Waals surface area (Å²) < 4.78 is 0. The second-order valence-electron chi connectivity index (χ2n) is 10.8. The van der Waals surface area contributed by atoms with Crippen molar-refractivity contribution in [3.63, 3.8) is 0 Å². The summed E-state index contributed by atoms with van der Waals surface area (Å²) in [6.07, 6.45) is 1.39. The molecule has 0 bridgehead atoms. The highest BCUT2D eigenvalue weighted by Gasteiger charge is 2.36. The Balaban J connectivity index is 1.32. The van der Waals surface area contributed by atoms with E-state index in [0.717, 1.165) is 11.8 Å². The van der Waals surface area contributed by atoms with Crippen molar-refractivity contribution in [1.82, 2.24) is 19.6 Å². The highest BCUT2D eigenvalue weighted by Crippen LogP contribution is 2.27. The van der Waals surface area contributed by atoms with Crippen LogP contribution in [-0.2, 0) is 0 Å². The quantitative estimate of drug-likeness (QED) is 0.772. The Kier molecular flexibility index (Phi) is 5.85. The number of rotatable bonds is 4. The number of likely N-dealkylation sites (tertiary alicyclic amines) is 2. The van der Waals surface area contributed by atoms with Gasteiger partial charge in [-0.05, 0) is 66.3 Å². The largest absolute Gasteiger partial charge is 0.300 e. The molecule has 0 aliphatic carbocycles. The van der Waals surface area contributed by atoms with Crippen LogP contribution in [-0.4, -0.2) is 96.1 Å². The van der Waals surface area contributed by atoms with E-state index in [4.69, 9.17) is 0 Å². The van der Waals surface area contributed by atoms with E-state index >= 15 is 0 Å². The third-order valence-corrected chi connectivity index (χ3v) is 6.64. The van der Waals surface area contributed by atoms with Gasteiger partial charge in [-0.2, -0.15) is 0 Å². The Morgan fingerprint density at radius 1 is 0.600 bits per heavy atom. The van der Waals surface area contributed by atoms with E-state index in [1.807, 2.05) is 0 Å². The SMILES string of the molecule is CC(C)(C)N1CCC(CN2CCN(CC3CN(C(C)(C)C)C3)CC2)C1. The number of piperazine rings is 1. The maximum absolute atomic E-state index is 2.73. The Labute approximate surface area is 156 Å². The lowest BCUT2D eigenvalue weighted by atomic mass is 9.92. The fourth-order valence-corrected chi connectivity index (χ4v) is 4.71. The van der Waals surface area contributed by atoms with Crippen LogP contribution in [0.4, 0.5) is 0 Å². The lowest BCUT2D eigenvalue weighted by Gasteiger charge is -2.49. The van der Waals surface area contributed by atoms with Crippen molar-refractivity contribution < 1.29 is 0 Å². The minimum absolute atomic E-state index is 0.344. The van der Waals surface area contributed by atoms with Gasteiger partial charge in [0.15, 0.2) is 0 Å². The zero-order valence-corrected chi connectivity index (χ0v) is 17.7. The first-order chi connectivity index (χ1) is 11.6.